The van der Waals surface area contributed by atoms with Gasteiger partial charge < -0.3 is 5.11 Å². The molecule has 0 radical (unpaired) electrons. The van der Waals surface area contributed by atoms with E-state index in [2.05, 4.69) is 5.10 Å². The summed E-state index contributed by atoms with van der Waals surface area (Å²) in [4.78, 5) is 10.6. The Morgan fingerprint density at radius 1 is 1.44 bits per heavy atom. The zero-order chi connectivity index (χ0) is 13.9. The molecule has 0 fully saturated rings. The average molecular weight is 274 g/mol. The number of aromatic nitrogens is 2. The summed E-state index contributed by atoms with van der Waals surface area (Å²) >= 11 is 0. The topological polar surface area (TPSA) is 89.3 Å². The van der Waals surface area contributed by atoms with Crippen molar-refractivity contribution in [3.63, 3.8) is 0 Å². The Balaban J connectivity index is 2.73. The number of hydrogen-bond acceptors (Lipinski definition) is 4. The maximum Gasteiger partial charge on any atom is 0.307 e. The molecule has 0 aromatic carbocycles. The Hall–Kier alpha value is -1.37. The third-order valence-corrected chi connectivity index (χ3v) is 4.23. The molecular formula is C11H18N2O4S. The van der Waals surface area contributed by atoms with Crippen LogP contribution >= 0.6 is 0 Å². The number of hydrogen-bond donors (Lipinski definition) is 1. The van der Waals surface area contributed by atoms with E-state index in [1.54, 1.807) is 16.9 Å². The fraction of sp³-hybridized carbons (Fsp3) is 0.636. The van der Waals surface area contributed by atoms with Crippen LogP contribution in [0.5, 0.6) is 0 Å². The molecule has 1 unspecified atom stereocenters. The lowest BCUT2D eigenvalue weighted by Gasteiger charge is -2.07. The van der Waals surface area contributed by atoms with Crippen LogP contribution in [0.2, 0.25) is 0 Å². The van der Waals surface area contributed by atoms with Crippen LogP contribution in [0, 0.1) is 5.92 Å². The third kappa shape index (κ3) is 4.14. The largest absolute Gasteiger partial charge is 0.481 e. The summed E-state index contributed by atoms with van der Waals surface area (Å²) in [5.74, 6) is -2.59. The van der Waals surface area contributed by atoms with Crippen molar-refractivity contribution in [2.75, 3.05) is 5.75 Å². The van der Waals surface area contributed by atoms with E-state index >= 15 is 0 Å². The van der Waals surface area contributed by atoms with Gasteiger partial charge in [0, 0.05) is 12.2 Å². The van der Waals surface area contributed by atoms with Crippen LogP contribution in [0.3, 0.4) is 0 Å². The summed E-state index contributed by atoms with van der Waals surface area (Å²) in [5, 5.41) is 12.8. The van der Waals surface area contributed by atoms with Crippen molar-refractivity contribution in [1.29, 1.82) is 0 Å². The van der Waals surface area contributed by atoms with Gasteiger partial charge in [-0.1, -0.05) is 6.92 Å². The highest BCUT2D eigenvalue weighted by Crippen LogP contribution is 2.10. The summed E-state index contributed by atoms with van der Waals surface area (Å²) < 4.78 is 25.2. The molecule has 0 aliphatic rings. The molecule has 1 aromatic heterocycles. The Labute approximate surface area is 107 Å². The van der Waals surface area contributed by atoms with Gasteiger partial charge in [0.2, 0.25) is 0 Å². The Morgan fingerprint density at radius 3 is 2.50 bits per heavy atom. The molecule has 0 saturated carbocycles. The van der Waals surface area contributed by atoms with E-state index in [1.165, 1.54) is 6.92 Å². The molecule has 0 bridgehead atoms. The molecule has 0 aliphatic carbocycles. The van der Waals surface area contributed by atoms with E-state index in [-0.39, 0.29) is 17.5 Å². The molecule has 1 aromatic rings. The molecule has 7 heteroatoms. The SMILES string of the molecule is CC(CS(=O)(=O)Cc1ccn(C(C)C)n1)C(=O)O. The quantitative estimate of drug-likeness (QED) is 0.839. The second kappa shape index (κ2) is 5.51. The first-order valence-electron chi connectivity index (χ1n) is 5.68. The first kappa shape index (κ1) is 14.7. The van der Waals surface area contributed by atoms with Crippen LogP contribution in [0.4, 0.5) is 0 Å². The Kier molecular flexibility index (Phi) is 4.50. The lowest BCUT2D eigenvalue weighted by molar-refractivity contribution is -0.140. The average Bonchev–Trinajstić information content (AvgIpc) is 2.64. The van der Waals surface area contributed by atoms with Crippen LogP contribution in [0.1, 0.15) is 32.5 Å². The zero-order valence-electron chi connectivity index (χ0n) is 10.7. The van der Waals surface area contributed by atoms with E-state index in [0.29, 0.717) is 5.69 Å². The molecule has 0 amide bonds. The van der Waals surface area contributed by atoms with Gasteiger partial charge in [0.1, 0.15) is 0 Å². The van der Waals surface area contributed by atoms with Gasteiger partial charge in [-0.2, -0.15) is 5.10 Å². The number of sulfone groups is 1. The molecule has 0 aliphatic heterocycles. The molecular weight excluding hydrogens is 256 g/mol. The van der Waals surface area contributed by atoms with Gasteiger partial charge in [0.25, 0.3) is 0 Å². The molecule has 18 heavy (non-hydrogen) atoms. The van der Waals surface area contributed by atoms with Crippen molar-refractivity contribution in [3.05, 3.63) is 18.0 Å². The monoisotopic (exact) mass is 274 g/mol. The van der Waals surface area contributed by atoms with Crippen LogP contribution in [0.15, 0.2) is 12.3 Å². The number of carboxylic acid groups (broad SMARTS) is 1. The van der Waals surface area contributed by atoms with E-state index in [9.17, 15) is 13.2 Å². The number of aliphatic carboxylic acids is 1. The number of rotatable bonds is 6. The Bertz CT molecular complexity index is 519. The van der Waals surface area contributed by atoms with Crippen LogP contribution < -0.4 is 0 Å². The highest BCUT2D eigenvalue weighted by atomic mass is 32.2. The first-order valence-corrected chi connectivity index (χ1v) is 7.50. The minimum atomic E-state index is -3.45. The molecule has 1 heterocycles. The van der Waals surface area contributed by atoms with Crippen LogP contribution in [0.25, 0.3) is 0 Å². The zero-order valence-corrected chi connectivity index (χ0v) is 11.5. The van der Waals surface area contributed by atoms with Crippen molar-refractivity contribution in [3.8, 4) is 0 Å². The smallest absolute Gasteiger partial charge is 0.307 e. The number of carboxylic acids is 1. The fourth-order valence-corrected chi connectivity index (χ4v) is 3.11. The van der Waals surface area contributed by atoms with Crippen molar-refractivity contribution in [2.45, 2.75) is 32.6 Å². The summed E-state index contributed by atoms with van der Waals surface area (Å²) in [6.07, 6.45) is 1.72. The van der Waals surface area contributed by atoms with Gasteiger partial charge in [-0.25, -0.2) is 8.42 Å². The van der Waals surface area contributed by atoms with Crippen LogP contribution in [-0.4, -0.2) is 35.0 Å². The van der Waals surface area contributed by atoms with Crippen molar-refractivity contribution in [2.24, 2.45) is 5.92 Å². The Morgan fingerprint density at radius 2 is 2.06 bits per heavy atom. The summed E-state index contributed by atoms with van der Waals surface area (Å²) in [6, 6.07) is 1.81. The van der Waals surface area contributed by atoms with Crippen molar-refractivity contribution >= 4 is 15.8 Å². The summed E-state index contributed by atoms with van der Waals surface area (Å²) in [5.41, 5.74) is 0.446. The normalized spacial score (nSPS) is 13.8. The molecule has 1 atom stereocenters. The molecule has 1 N–H and O–H groups in total. The maximum atomic E-state index is 11.8. The van der Waals surface area contributed by atoms with Crippen LogP contribution in [-0.2, 0) is 20.4 Å². The van der Waals surface area contributed by atoms with Gasteiger partial charge in [0.05, 0.1) is 23.1 Å². The van der Waals surface area contributed by atoms with Gasteiger partial charge in [-0.05, 0) is 19.9 Å². The minimum Gasteiger partial charge on any atom is -0.481 e. The standard InChI is InChI=1S/C11H18N2O4S/c1-8(2)13-5-4-10(12-13)7-18(16,17)6-9(3)11(14)15/h4-5,8-9H,6-7H2,1-3H3,(H,14,15). The second-order valence-corrected chi connectivity index (χ2v) is 6.78. The van der Waals surface area contributed by atoms with E-state index < -0.39 is 21.7 Å². The molecule has 1 rings (SSSR count). The van der Waals surface area contributed by atoms with Gasteiger partial charge >= 0.3 is 5.97 Å². The summed E-state index contributed by atoms with van der Waals surface area (Å²) in [7, 11) is -3.45. The van der Waals surface area contributed by atoms with E-state index in [0.717, 1.165) is 0 Å². The van der Waals surface area contributed by atoms with Gasteiger partial charge in [-0.15, -0.1) is 0 Å². The molecule has 0 saturated heterocycles. The number of nitrogens with zero attached hydrogens (tertiary/aromatic N) is 2. The number of carbonyl (C=O) groups is 1. The predicted octanol–water partition coefficient (Wildman–Crippen LogP) is 1.10. The molecule has 102 valence electrons. The van der Waals surface area contributed by atoms with Crippen molar-refractivity contribution in [1.82, 2.24) is 9.78 Å². The lowest BCUT2D eigenvalue weighted by atomic mass is 10.2. The lowest BCUT2D eigenvalue weighted by Crippen LogP contribution is -2.22. The van der Waals surface area contributed by atoms with Gasteiger partial charge in [0.15, 0.2) is 9.84 Å². The molecule has 0 spiro atoms. The van der Waals surface area contributed by atoms with E-state index in [1.807, 2.05) is 13.8 Å². The molecule has 6 nitrogen and oxygen atoms in total. The summed E-state index contributed by atoms with van der Waals surface area (Å²) in [6.45, 7) is 5.27. The maximum absolute atomic E-state index is 11.8. The highest BCUT2D eigenvalue weighted by Gasteiger charge is 2.22. The predicted molar refractivity (Wildman–Crippen MR) is 66.9 cm³/mol. The first-order chi connectivity index (χ1) is 8.21. The third-order valence-electron chi connectivity index (χ3n) is 2.49. The van der Waals surface area contributed by atoms with Gasteiger partial charge in [-0.3, -0.25) is 9.48 Å². The fourth-order valence-electron chi connectivity index (χ4n) is 1.48. The van der Waals surface area contributed by atoms with E-state index in [4.69, 9.17) is 5.11 Å². The second-order valence-electron chi connectivity index (χ2n) is 4.67. The van der Waals surface area contributed by atoms with Crippen molar-refractivity contribution < 1.29 is 18.3 Å². The minimum absolute atomic E-state index is 0.166. The highest BCUT2D eigenvalue weighted by molar-refractivity contribution is 7.90.